The van der Waals surface area contributed by atoms with Gasteiger partial charge in [0.25, 0.3) is 5.91 Å². The number of hydrogen-bond acceptors (Lipinski definition) is 5. The summed E-state index contributed by atoms with van der Waals surface area (Å²) in [5.41, 5.74) is 3.05. The number of benzene rings is 2. The molecule has 1 aliphatic rings. The molecule has 2 aromatic carbocycles. The molecule has 4 rings (SSSR count). The number of imidazole rings is 1. The maximum absolute atomic E-state index is 12.5. The molecule has 0 spiro atoms. The van der Waals surface area contributed by atoms with Crippen molar-refractivity contribution < 1.29 is 19.1 Å². The number of carbonyl (C=O) groups is 2. The maximum atomic E-state index is 12.5. The van der Waals surface area contributed by atoms with E-state index in [4.69, 9.17) is 14.5 Å². The third kappa shape index (κ3) is 4.91. The number of methoxy groups -OCH3 is 1. The Morgan fingerprint density at radius 1 is 1.22 bits per heavy atom. The number of aromatic nitrogens is 2. The smallest absolute Gasteiger partial charge is 0.255 e. The van der Waals surface area contributed by atoms with Gasteiger partial charge in [0.15, 0.2) is 0 Å². The first-order chi connectivity index (χ1) is 15.5. The Morgan fingerprint density at radius 2 is 2.03 bits per heavy atom. The van der Waals surface area contributed by atoms with Gasteiger partial charge in [-0.2, -0.15) is 0 Å². The number of nitrogens with one attached hydrogen (secondary N) is 2. The highest BCUT2D eigenvalue weighted by Gasteiger charge is 2.22. The molecule has 168 valence electrons. The topological polar surface area (TPSA) is 94.5 Å². The van der Waals surface area contributed by atoms with Crippen LogP contribution in [0.4, 0.5) is 5.69 Å². The van der Waals surface area contributed by atoms with E-state index in [1.807, 2.05) is 29.8 Å². The number of anilines is 1. The van der Waals surface area contributed by atoms with E-state index in [0.29, 0.717) is 30.2 Å². The monoisotopic (exact) mass is 436 g/mol. The Bertz CT molecular complexity index is 1100. The first-order valence-electron chi connectivity index (χ1n) is 10.9. The predicted octanol–water partition coefficient (Wildman–Crippen LogP) is 3.06. The molecule has 0 bridgehead atoms. The second-order valence-corrected chi connectivity index (χ2v) is 7.87. The van der Waals surface area contributed by atoms with Gasteiger partial charge in [0, 0.05) is 37.9 Å². The molecule has 0 aliphatic carbocycles. The number of hydrogen-bond donors (Lipinski definition) is 2. The van der Waals surface area contributed by atoms with Crippen molar-refractivity contribution in [3.05, 3.63) is 53.9 Å². The molecule has 0 unspecified atom stereocenters. The van der Waals surface area contributed by atoms with Crippen LogP contribution in [-0.2, 0) is 23.0 Å². The number of ether oxygens (including phenoxy) is 2. The van der Waals surface area contributed by atoms with E-state index in [1.165, 1.54) is 0 Å². The van der Waals surface area contributed by atoms with Gasteiger partial charge in [0.2, 0.25) is 5.91 Å². The molecule has 1 aliphatic heterocycles. The molecule has 1 atom stereocenters. The lowest BCUT2D eigenvalue weighted by Crippen LogP contribution is -2.34. The standard InChI is InChI=1S/C24H28N4O4/c1-28-20-12-9-17(26-23(29)16-7-10-18(31-2)11-8-16)15-19(20)27-22(28)6-3-13-25-24(30)21-5-4-14-32-21/h7-12,15,21H,3-6,13-14H2,1-2H3,(H,25,30)(H,26,29)/t21-/m1/s1. The molecule has 32 heavy (non-hydrogen) atoms. The van der Waals surface area contributed by atoms with Crippen molar-refractivity contribution in [1.82, 2.24) is 14.9 Å². The molecular weight excluding hydrogens is 408 g/mol. The molecule has 8 heteroatoms. The minimum atomic E-state index is -0.294. The molecule has 1 saturated heterocycles. The molecule has 1 aromatic heterocycles. The molecule has 2 N–H and O–H groups in total. The minimum Gasteiger partial charge on any atom is -0.497 e. The van der Waals surface area contributed by atoms with Crippen LogP contribution in [0, 0.1) is 0 Å². The molecule has 8 nitrogen and oxygen atoms in total. The lowest BCUT2D eigenvalue weighted by atomic mass is 10.2. The third-order valence-corrected chi connectivity index (χ3v) is 5.68. The maximum Gasteiger partial charge on any atom is 0.255 e. The fourth-order valence-corrected chi connectivity index (χ4v) is 3.85. The Kier molecular flexibility index (Phi) is 6.70. The summed E-state index contributed by atoms with van der Waals surface area (Å²) in [5, 5.41) is 5.86. The second kappa shape index (κ2) is 9.82. The van der Waals surface area contributed by atoms with Crippen LogP contribution in [-0.4, -0.2) is 47.7 Å². The van der Waals surface area contributed by atoms with Crippen LogP contribution in [0.1, 0.15) is 35.4 Å². The van der Waals surface area contributed by atoms with Gasteiger partial charge in [-0.05, 0) is 61.7 Å². The number of fused-ring (bicyclic) bond motifs is 1. The molecule has 2 amide bonds. The van der Waals surface area contributed by atoms with Crippen molar-refractivity contribution in [2.45, 2.75) is 31.8 Å². The van der Waals surface area contributed by atoms with Crippen LogP contribution in [0.5, 0.6) is 5.75 Å². The van der Waals surface area contributed by atoms with Crippen LogP contribution in [0.3, 0.4) is 0 Å². The second-order valence-electron chi connectivity index (χ2n) is 7.87. The van der Waals surface area contributed by atoms with E-state index >= 15 is 0 Å². The normalized spacial score (nSPS) is 15.6. The average molecular weight is 437 g/mol. The van der Waals surface area contributed by atoms with E-state index in [9.17, 15) is 9.59 Å². The van der Waals surface area contributed by atoms with Crippen LogP contribution < -0.4 is 15.4 Å². The van der Waals surface area contributed by atoms with E-state index in [0.717, 1.165) is 42.5 Å². The van der Waals surface area contributed by atoms with Crippen molar-refractivity contribution in [2.24, 2.45) is 7.05 Å². The van der Waals surface area contributed by atoms with Gasteiger partial charge in [-0.1, -0.05) is 0 Å². The fraction of sp³-hybridized carbons (Fsp3) is 0.375. The molecule has 3 aromatic rings. The van der Waals surface area contributed by atoms with Gasteiger partial charge >= 0.3 is 0 Å². The first kappa shape index (κ1) is 21.8. The molecular formula is C24H28N4O4. The average Bonchev–Trinajstić information content (AvgIpc) is 3.45. The molecule has 0 saturated carbocycles. The zero-order chi connectivity index (χ0) is 22.5. The first-order valence-corrected chi connectivity index (χ1v) is 10.9. The third-order valence-electron chi connectivity index (χ3n) is 5.68. The zero-order valence-electron chi connectivity index (χ0n) is 18.4. The van der Waals surface area contributed by atoms with E-state index < -0.39 is 0 Å². The van der Waals surface area contributed by atoms with Crippen LogP contribution in [0.15, 0.2) is 42.5 Å². The quantitative estimate of drug-likeness (QED) is 0.529. The Morgan fingerprint density at radius 3 is 2.75 bits per heavy atom. The van der Waals surface area contributed by atoms with E-state index in [1.54, 1.807) is 31.4 Å². The molecule has 2 heterocycles. The van der Waals surface area contributed by atoms with E-state index in [2.05, 4.69) is 10.6 Å². The van der Waals surface area contributed by atoms with Crippen molar-refractivity contribution in [3.63, 3.8) is 0 Å². The number of carbonyl (C=O) groups excluding carboxylic acids is 2. The van der Waals surface area contributed by atoms with Gasteiger partial charge in [-0.25, -0.2) is 4.98 Å². The van der Waals surface area contributed by atoms with Crippen LogP contribution in [0.2, 0.25) is 0 Å². The summed E-state index contributed by atoms with van der Waals surface area (Å²) in [6, 6.07) is 12.7. The minimum absolute atomic E-state index is 0.0234. The van der Waals surface area contributed by atoms with Gasteiger partial charge in [0.05, 0.1) is 18.1 Å². The summed E-state index contributed by atoms with van der Waals surface area (Å²) >= 11 is 0. The zero-order valence-corrected chi connectivity index (χ0v) is 18.4. The van der Waals surface area contributed by atoms with Crippen molar-refractivity contribution in [1.29, 1.82) is 0 Å². The lowest BCUT2D eigenvalue weighted by Gasteiger charge is -2.10. The Hall–Kier alpha value is -3.39. The van der Waals surface area contributed by atoms with Gasteiger partial charge in [0.1, 0.15) is 17.7 Å². The Labute approximate surface area is 186 Å². The van der Waals surface area contributed by atoms with Crippen molar-refractivity contribution in [2.75, 3.05) is 25.6 Å². The lowest BCUT2D eigenvalue weighted by molar-refractivity contribution is -0.130. The summed E-state index contributed by atoms with van der Waals surface area (Å²) in [7, 11) is 3.57. The largest absolute Gasteiger partial charge is 0.497 e. The number of aryl methyl sites for hydroxylation is 2. The number of nitrogens with zero attached hydrogens (tertiary/aromatic N) is 2. The number of amides is 2. The predicted molar refractivity (Wildman–Crippen MR) is 122 cm³/mol. The highest BCUT2D eigenvalue weighted by molar-refractivity contribution is 6.05. The summed E-state index contributed by atoms with van der Waals surface area (Å²) in [6.07, 6.45) is 2.98. The summed E-state index contributed by atoms with van der Waals surface area (Å²) in [5.74, 6) is 1.43. The van der Waals surface area contributed by atoms with Crippen LogP contribution in [0.25, 0.3) is 11.0 Å². The summed E-state index contributed by atoms with van der Waals surface area (Å²) in [4.78, 5) is 29.3. The summed E-state index contributed by atoms with van der Waals surface area (Å²) < 4.78 is 12.6. The Balaban J connectivity index is 1.35. The SMILES string of the molecule is COc1ccc(C(=O)Nc2ccc3c(c2)nc(CCCNC(=O)[C@H]2CCCO2)n3C)cc1. The van der Waals surface area contributed by atoms with E-state index in [-0.39, 0.29) is 17.9 Å². The molecule has 0 radical (unpaired) electrons. The van der Waals surface area contributed by atoms with Gasteiger partial charge < -0.3 is 24.7 Å². The highest BCUT2D eigenvalue weighted by Crippen LogP contribution is 2.21. The molecule has 1 fully saturated rings. The fourth-order valence-electron chi connectivity index (χ4n) is 3.85. The van der Waals surface area contributed by atoms with Crippen molar-refractivity contribution >= 4 is 28.5 Å². The highest BCUT2D eigenvalue weighted by atomic mass is 16.5. The van der Waals surface area contributed by atoms with Crippen LogP contribution >= 0.6 is 0 Å². The van der Waals surface area contributed by atoms with Crippen molar-refractivity contribution in [3.8, 4) is 5.75 Å². The number of rotatable bonds is 8. The summed E-state index contributed by atoms with van der Waals surface area (Å²) in [6.45, 7) is 1.26. The van der Waals surface area contributed by atoms with Gasteiger partial charge in [-0.15, -0.1) is 0 Å². The van der Waals surface area contributed by atoms with Gasteiger partial charge in [-0.3, -0.25) is 9.59 Å².